The van der Waals surface area contributed by atoms with Crippen molar-refractivity contribution in [2.24, 2.45) is 5.41 Å². The van der Waals surface area contributed by atoms with E-state index in [0.717, 1.165) is 4.90 Å². The molecule has 0 fully saturated rings. The van der Waals surface area contributed by atoms with E-state index in [1.165, 1.54) is 11.8 Å². The lowest BCUT2D eigenvalue weighted by molar-refractivity contribution is -0.131. The molecule has 0 atom stereocenters. The van der Waals surface area contributed by atoms with E-state index in [2.05, 4.69) is 0 Å². The van der Waals surface area contributed by atoms with Crippen LogP contribution in [0, 0.1) is 5.41 Å². The molecule has 5 heteroatoms. The molecular formula is C23H35NO3S. The fourth-order valence-electron chi connectivity index (χ4n) is 2.78. The third-order valence-corrected chi connectivity index (χ3v) is 5.00. The Morgan fingerprint density at radius 3 is 1.89 bits per heavy atom. The molecule has 0 aromatic heterocycles. The van der Waals surface area contributed by atoms with E-state index >= 15 is 0 Å². The normalized spacial score (nSPS) is 13.0. The third-order valence-electron chi connectivity index (χ3n) is 3.97. The van der Waals surface area contributed by atoms with Crippen LogP contribution in [0.25, 0.3) is 0 Å². The topological polar surface area (TPSA) is 46.6 Å². The summed E-state index contributed by atoms with van der Waals surface area (Å²) in [5, 5.41) is 0. The summed E-state index contributed by atoms with van der Waals surface area (Å²) >= 11 is 1.41. The van der Waals surface area contributed by atoms with E-state index in [4.69, 9.17) is 4.74 Å². The largest absolute Gasteiger partial charge is 0.435 e. The second-order valence-corrected chi connectivity index (χ2v) is 10.2. The van der Waals surface area contributed by atoms with Crippen molar-refractivity contribution in [1.82, 2.24) is 4.90 Å². The second-order valence-electron chi connectivity index (χ2n) is 9.09. The van der Waals surface area contributed by atoms with Crippen molar-refractivity contribution in [2.45, 2.75) is 84.9 Å². The van der Waals surface area contributed by atoms with Crippen LogP contribution < -0.4 is 0 Å². The van der Waals surface area contributed by atoms with Gasteiger partial charge in [0.2, 0.25) is 5.78 Å². The van der Waals surface area contributed by atoms with Gasteiger partial charge in [-0.05, 0) is 59.1 Å². The number of ketones is 1. The lowest BCUT2D eigenvalue weighted by Crippen LogP contribution is -2.48. The molecule has 0 bridgehead atoms. The molecular weight excluding hydrogens is 370 g/mol. The van der Waals surface area contributed by atoms with Gasteiger partial charge in [-0.2, -0.15) is 0 Å². The van der Waals surface area contributed by atoms with Crippen LogP contribution in [-0.2, 0) is 9.53 Å². The van der Waals surface area contributed by atoms with Gasteiger partial charge in [0.25, 0.3) is 0 Å². The van der Waals surface area contributed by atoms with Crippen molar-refractivity contribution in [3.63, 3.8) is 0 Å². The van der Waals surface area contributed by atoms with E-state index in [-0.39, 0.29) is 23.3 Å². The van der Waals surface area contributed by atoms with Crippen LogP contribution >= 0.6 is 11.8 Å². The van der Waals surface area contributed by atoms with Gasteiger partial charge in [-0.25, -0.2) is 4.79 Å². The molecule has 0 heterocycles. The molecule has 0 spiro atoms. The Labute approximate surface area is 174 Å². The minimum atomic E-state index is -1.27. The van der Waals surface area contributed by atoms with Gasteiger partial charge < -0.3 is 9.64 Å². The molecule has 0 saturated heterocycles. The lowest BCUT2D eigenvalue weighted by Gasteiger charge is -2.34. The molecule has 1 aromatic carbocycles. The van der Waals surface area contributed by atoms with E-state index in [1.54, 1.807) is 18.7 Å². The Bertz CT molecular complexity index is 692. The van der Waals surface area contributed by atoms with E-state index in [9.17, 15) is 9.59 Å². The van der Waals surface area contributed by atoms with Crippen molar-refractivity contribution in [3.8, 4) is 0 Å². The SMILES string of the molecule is CC(C)N(C(=O)OC(C)(C)C(=O)/C(=C/C(C)(C)C)Sc1ccccc1)C(C)C. The molecule has 0 saturated carbocycles. The molecule has 156 valence electrons. The monoisotopic (exact) mass is 405 g/mol. The fraction of sp³-hybridized carbons (Fsp3) is 0.565. The summed E-state index contributed by atoms with van der Waals surface area (Å²) in [7, 11) is 0. The van der Waals surface area contributed by atoms with E-state index in [1.807, 2.05) is 84.9 Å². The first-order valence-corrected chi connectivity index (χ1v) is 10.6. The van der Waals surface area contributed by atoms with Gasteiger partial charge in [0.05, 0.1) is 4.91 Å². The Morgan fingerprint density at radius 2 is 1.46 bits per heavy atom. The van der Waals surface area contributed by atoms with Gasteiger partial charge in [0.15, 0.2) is 5.60 Å². The Morgan fingerprint density at radius 1 is 0.964 bits per heavy atom. The third kappa shape index (κ3) is 7.34. The first kappa shape index (κ1) is 24.3. The molecule has 1 aromatic rings. The fourth-order valence-corrected chi connectivity index (χ4v) is 4.08. The predicted molar refractivity (Wildman–Crippen MR) is 118 cm³/mol. The van der Waals surface area contributed by atoms with Gasteiger partial charge in [-0.15, -0.1) is 0 Å². The highest BCUT2D eigenvalue weighted by Gasteiger charge is 2.37. The number of benzene rings is 1. The number of hydrogen-bond donors (Lipinski definition) is 0. The number of carbonyl (C=O) groups is 2. The molecule has 0 aliphatic carbocycles. The minimum absolute atomic E-state index is 0.0123. The average molecular weight is 406 g/mol. The quantitative estimate of drug-likeness (QED) is 0.394. The summed E-state index contributed by atoms with van der Waals surface area (Å²) in [5.74, 6) is -0.197. The maximum absolute atomic E-state index is 13.4. The summed E-state index contributed by atoms with van der Waals surface area (Å²) in [4.78, 5) is 29.3. The first-order chi connectivity index (χ1) is 12.7. The van der Waals surface area contributed by atoms with Crippen molar-refractivity contribution >= 4 is 23.6 Å². The smallest absolute Gasteiger partial charge is 0.411 e. The Hall–Kier alpha value is -1.75. The van der Waals surface area contributed by atoms with Crippen LogP contribution in [0.1, 0.15) is 62.3 Å². The highest BCUT2D eigenvalue weighted by Crippen LogP contribution is 2.34. The van der Waals surface area contributed by atoms with Crippen LogP contribution in [0.4, 0.5) is 4.79 Å². The standard InChI is InChI=1S/C23H35NO3S/c1-16(2)24(17(3)4)21(26)27-23(8,9)20(25)19(15-22(5,6)7)28-18-13-11-10-12-14-18/h10-17H,1-9H3/b19-15-. The molecule has 1 rings (SSSR count). The number of ether oxygens (including phenoxy) is 1. The number of hydrogen-bond acceptors (Lipinski definition) is 4. The van der Waals surface area contributed by atoms with Crippen molar-refractivity contribution in [3.05, 3.63) is 41.3 Å². The van der Waals surface area contributed by atoms with E-state index < -0.39 is 11.7 Å². The Balaban J connectivity index is 3.15. The number of nitrogens with zero attached hydrogens (tertiary/aromatic N) is 1. The predicted octanol–water partition coefficient (Wildman–Crippen LogP) is 6.31. The van der Waals surface area contributed by atoms with Crippen LogP contribution in [0.2, 0.25) is 0 Å². The molecule has 28 heavy (non-hydrogen) atoms. The highest BCUT2D eigenvalue weighted by molar-refractivity contribution is 8.04. The zero-order valence-corrected chi connectivity index (χ0v) is 19.5. The van der Waals surface area contributed by atoms with Gasteiger partial charge >= 0.3 is 6.09 Å². The molecule has 1 amide bonds. The summed E-state index contributed by atoms with van der Waals surface area (Å²) in [6.07, 6.45) is 1.48. The van der Waals surface area contributed by atoms with Gasteiger partial charge in [0.1, 0.15) is 0 Å². The van der Waals surface area contributed by atoms with Gasteiger partial charge in [-0.1, -0.05) is 56.8 Å². The van der Waals surface area contributed by atoms with Crippen molar-refractivity contribution < 1.29 is 14.3 Å². The maximum atomic E-state index is 13.4. The molecule has 0 radical (unpaired) electrons. The second kappa shape index (κ2) is 9.64. The zero-order chi connectivity index (χ0) is 21.7. The maximum Gasteiger partial charge on any atom is 0.411 e. The zero-order valence-electron chi connectivity index (χ0n) is 18.7. The molecule has 4 nitrogen and oxygen atoms in total. The minimum Gasteiger partial charge on any atom is -0.435 e. The molecule has 0 N–H and O–H groups in total. The van der Waals surface area contributed by atoms with Crippen molar-refractivity contribution in [2.75, 3.05) is 0 Å². The molecule has 0 aliphatic rings. The summed E-state index contributed by atoms with van der Waals surface area (Å²) in [6, 6.07) is 9.73. The van der Waals surface area contributed by atoms with Crippen LogP contribution in [-0.4, -0.2) is 34.5 Å². The van der Waals surface area contributed by atoms with E-state index in [0.29, 0.717) is 4.91 Å². The summed E-state index contributed by atoms with van der Waals surface area (Å²) in [5.41, 5.74) is -1.45. The van der Waals surface area contributed by atoms with Gasteiger partial charge in [0, 0.05) is 17.0 Å². The summed E-state index contributed by atoms with van der Waals surface area (Å²) < 4.78 is 5.70. The lowest BCUT2D eigenvalue weighted by atomic mass is 9.93. The Kier molecular flexibility index (Phi) is 8.36. The number of Topliss-reactive ketones (excluding diaryl/α,β-unsaturated/α-hetero) is 1. The number of allylic oxidation sites excluding steroid dienone is 1. The number of rotatable bonds is 7. The van der Waals surface area contributed by atoms with Crippen LogP contribution in [0.5, 0.6) is 0 Å². The van der Waals surface area contributed by atoms with Crippen molar-refractivity contribution in [1.29, 1.82) is 0 Å². The van der Waals surface area contributed by atoms with Gasteiger partial charge in [-0.3, -0.25) is 4.79 Å². The average Bonchev–Trinajstić information content (AvgIpc) is 2.51. The highest BCUT2D eigenvalue weighted by atomic mass is 32.2. The summed E-state index contributed by atoms with van der Waals surface area (Å²) in [6.45, 7) is 17.2. The van der Waals surface area contributed by atoms with Crippen LogP contribution in [0.3, 0.4) is 0 Å². The first-order valence-electron chi connectivity index (χ1n) is 9.76. The molecule has 0 unspecified atom stereocenters. The number of amides is 1. The number of carbonyl (C=O) groups excluding carboxylic acids is 2. The van der Waals surface area contributed by atoms with Crippen LogP contribution in [0.15, 0.2) is 46.2 Å². The molecule has 0 aliphatic heterocycles. The number of thioether (sulfide) groups is 1.